The van der Waals surface area contributed by atoms with Crippen LogP contribution in [0.3, 0.4) is 0 Å². The van der Waals surface area contributed by atoms with Gasteiger partial charge in [-0.2, -0.15) is 11.3 Å². The van der Waals surface area contributed by atoms with Gasteiger partial charge in [-0.1, -0.05) is 36.2 Å². The molecule has 0 saturated heterocycles. The Hall–Kier alpha value is -0.540. The number of aryl methyl sites for hydroxylation is 1. The van der Waals surface area contributed by atoms with Gasteiger partial charge in [-0.15, -0.1) is 0 Å². The van der Waals surface area contributed by atoms with Gasteiger partial charge in [-0.05, 0) is 53.9 Å². The quantitative estimate of drug-likeness (QED) is 0.759. The van der Waals surface area contributed by atoms with Crippen molar-refractivity contribution in [1.29, 1.82) is 0 Å². The van der Waals surface area contributed by atoms with Crippen LogP contribution in [0.2, 0.25) is 10.0 Å². The highest BCUT2D eigenvalue weighted by molar-refractivity contribution is 7.07. The molecular weight excluding hydrogens is 297 g/mol. The highest BCUT2D eigenvalue weighted by Gasteiger charge is 2.17. The summed E-state index contributed by atoms with van der Waals surface area (Å²) in [6, 6.07) is 8.05. The molecular formula is C15H17Cl2NS. The lowest BCUT2D eigenvalue weighted by Gasteiger charge is -2.20. The number of halogens is 2. The highest BCUT2D eigenvalue weighted by atomic mass is 35.5. The molecule has 1 heterocycles. The van der Waals surface area contributed by atoms with E-state index in [0.29, 0.717) is 0 Å². The minimum absolute atomic E-state index is 0.200. The molecule has 0 aliphatic carbocycles. The summed E-state index contributed by atoms with van der Waals surface area (Å²) in [6.07, 6.45) is 2.02. The number of hydrogen-bond donors (Lipinski definition) is 1. The van der Waals surface area contributed by atoms with E-state index in [4.69, 9.17) is 23.2 Å². The van der Waals surface area contributed by atoms with Crippen molar-refractivity contribution in [2.75, 3.05) is 6.54 Å². The molecule has 0 radical (unpaired) electrons. The van der Waals surface area contributed by atoms with Gasteiger partial charge in [-0.3, -0.25) is 0 Å². The Labute approximate surface area is 128 Å². The second-order valence-electron chi connectivity index (χ2n) is 4.42. The highest BCUT2D eigenvalue weighted by Crippen LogP contribution is 2.32. The second kappa shape index (κ2) is 7.30. The molecule has 0 spiro atoms. The fraction of sp³-hybridized carbons (Fsp3) is 0.333. The Morgan fingerprint density at radius 3 is 2.53 bits per heavy atom. The fourth-order valence-electron chi connectivity index (χ4n) is 2.18. The van der Waals surface area contributed by atoms with E-state index in [1.54, 1.807) is 11.3 Å². The molecule has 1 nitrogen and oxygen atoms in total. The summed E-state index contributed by atoms with van der Waals surface area (Å²) in [5, 5.41) is 9.26. The fourth-order valence-corrected chi connectivity index (χ4v) is 3.55. The SMILES string of the molecule is CCNC(CCc1ccsc1)c1c(Cl)cccc1Cl. The van der Waals surface area contributed by atoms with E-state index >= 15 is 0 Å². The number of thiophene rings is 1. The lowest BCUT2D eigenvalue weighted by molar-refractivity contribution is 0.516. The molecule has 1 unspecified atom stereocenters. The number of benzene rings is 1. The first-order valence-electron chi connectivity index (χ1n) is 6.40. The summed E-state index contributed by atoms with van der Waals surface area (Å²) in [5.74, 6) is 0. The van der Waals surface area contributed by atoms with E-state index in [-0.39, 0.29) is 6.04 Å². The maximum Gasteiger partial charge on any atom is 0.0468 e. The van der Waals surface area contributed by atoms with E-state index in [2.05, 4.69) is 29.1 Å². The zero-order valence-electron chi connectivity index (χ0n) is 10.8. The number of nitrogens with one attached hydrogen (secondary N) is 1. The molecule has 102 valence electrons. The minimum atomic E-state index is 0.200. The second-order valence-corrected chi connectivity index (χ2v) is 6.01. The van der Waals surface area contributed by atoms with Gasteiger partial charge in [0.25, 0.3) is 0 Å². The van der Waals surface area contributed by atoms with Crippen LogP contribution in [0.1, 0.15) is 30.5 Å². The molecule has 1 aromatic carbocycles. The van der Waals surface area contributed by atoms with Crippen LogP contribution in [0.4, 0.5) is 0 Å². The van der Waals surface area contributed by atoms with Crippen molar-refractivity contribution in [3.63, 3.8) is 0 Å². The lowest BCUT2D eigenvalue weighted by Crippen LogP contribution is -2.22. The van der Waals surface area contributed by atoms with E-state index in [1.165, 1.54) is 5.56 Å². The average molecular weight is 314 g/mol. The molecule has 2 aromatic rings. The van der Waals surface area contributed by atoms with E-state index in [0.717, 1.165) is 35.0 Å². The zero-order chi connectivity index (χ0) is 13.7. The first-order chi connectivity index (χ1) is 9.22. The monoisotopic (exact) mass is 313 g/mol. The standard InChI is InChI=1S/C15H17Cl2NS/c1-2-18-14(7-6-11-8-9-19-10-11)15-12(16)4-3-5-13(15)17/h3-5,8-10,14,18H,2,6-7H2,1H3. The summed E-state index contributed by atoms with van der Waals surface area (Å²) < 4.78 is 0. The summed E-state index contributed by atoms with van der Waals surface area (Å²) in [5.41, 5.74) is 2.39. The van der Waals surface area contributed by atoms with Crippen molar-refractivity contribution >= 4 is 34.5 Å². The van der Waals surface area contributed by atoms with E-state index < -0.39 is 0 Å². The van der Waals surface area contributed by atoms with Crippen LogP contribution in [-0.2, 0) is 6.42 Å². The van der Waals surface area contributed by atoms with Crippen molar-refractivity contribution in [2.24, 2.45) is 0 Å². The summed E-state index contributed by atoms with van der Waals surface area (Å²) in [6.45, 7) is 3.00. The van der Waals surface area contributed by atoms with Crippen LogP contribution in [0.15, 0.2) is 35.0 Å². The molecule has 4 heteroatoms. The largest absolute Gasteiger partial charge is 0.310 e. The molecule has 19 heavy (non-hydrogen) atoms. The van der Waals surface area contributed by atoms with Gasteiger partial charge >= 0.3 is 0 Å². The normalized spacial score (nSPS) is 12.6. The van der Waals surface area contributed by atoms with Gasteiger partial charge in [0.1, 0.15) is 0 Å². The van der Waals surface area contributed by atoms with Gasteiger partial charge in [0.15, 0.2) is 0 Å². The van der Waals surface area contributed by atoms with Gasteiger partial charge < -0.3 is 5.32 Å². The zero-order valence-corrected chi connectivity index (χ0v) is 13.2. The Morgan fingerprint density at radius 2 is 1.95 bits per heavy atom. The molecule has 0 amide bonds. The Balaban J connectivity index is 2.15. The van der Waals surface area contributed by atoms with Gasteiger partial charge in [0, 0.05) is 21.7 Å². The predicted octanol–water partition coefficient (Wildman–Crippen LogP) is 5.34. The Bertz CT molecular complexity index is 491. The maximum atomic E-state index is 6.30. The topological polar surface area (TPSA) is 12.0 Å². The van der Waals surface area contributed by atoms with Crippen molar-refractivity contribution in [3.8, 4) is 0 Å². The molecule has 1 N–H and O–H groups in total. The van der Waals surface area contributed by atoms with Crippen LogP contribution in [0.5, 0.6) is 0 Å². The molecule has 0 aliphatic rings. The summed E-state index contributed by atoms with van der Waals surface area (Å²) in [7, 11) is 0. The van der Waals surface area contributed by atoms with Gasteiger partial charge in [-0.25, -0.2) is 0 Å². The minimum Gasteiger partial charge on any atom is -0.310 e. The third-order valence-electron chi connectivity index (χ3n) is 3.10. The van der Waals surface area contributed by atoms with Crippen molar-refractivity contribution in [1.82, 2.24) is 5.32 Å². The summed E-state index contributed by atoms with van der Waals surface area (Å²) in [4.78, 5) is 0. The number of rotatable bonds is 6. The van der Waals surface area contributed by atoms with Crippen molar-refractivity contribution in [2.45, 2.75) is 25.8 Å². The molecule has 1 atom stereocenters. The van der Waals surface area contributed by atoms with Crippen LogP contribution < -0.4 is 5.32 Å². The van der Waals surface area contributed by atoms with E-state index in [9.17, 15) is 0 Å². The molecule has 2 rings (SSSR count). The van der Waals surface area contributed by atoms with E-state index in [1.807, 2.05) is 18.2 Å². The number of hydrogen-bond acceptors (Lipinski definition) is 2. The Morgan fingerprint density at radius 1 is 1.21 bits per heavy atom. The van der Waals surface area contributed by atoms with Gasteiger partial charge in [0.05, 0.1) is 0 Å². The predicted molar refractivity (Wildman–Crippen MR) is 85.5 cm³/mol. The van der Waals surface area contributed by atoms with Crippen LogP contribution in [0, 0.1) is 0 Å². The smallest absolute Gasteiger partial charge is 0.0468 e. The van der Waals surface area contributed by atoms with Crippen molar-refractivity contribution < 1.29 is 0 Å². The molecule has 1 aromatic heterocycles. The maximum absolute atomic E-state index is 6.30. The Kier molecular flexibility index (Phi) is 5.71. The third kappa shape index (κ3) is 3.96. The molecule has 0 bridgehead atoms. The van der Waals surface area contributed by atoms with Crippen LogP contribution in [-0.4, -0.2) is 6.54 Å². The average Bonchev–Trinajstić information content (AvgIpc) is 2.88. The molecule has 0 saturated carbocycles. The molecule has 0 aliphatic heterocycles. The van der Waals surface area contributed by atoms with Crippen molar-refractivity contribution in [3.05, 3.63) is 56.2 Å². The van der Waals surface area contributed by atoms with Crippen LogP contribution >= 0.6 is 34.5 Å². The first-order valence-corrected chi connectivity index (χ1v) is 8.10. The first kappa shape index (κ1) is 14.9. The van der Waals surface area contributed by atoms with Crippen LogP contribution in [0.25, 0.3) is 0 Å². The summed E-state index contributed by atoms with van der Waals surface area (Å²) >= 11 is 14.3. The molecule has 0 fully saturated rings. The van der Waals surface area contributed by atoms with Gasteiger partial charge in [0.2, 0.25) is 0 Å². The lowest BCUT2D eigenvalue weighted by atomic mass is 10.00. The third-order valence-corrected chi connectivity index (χ3v) is 4.49.